The Hall–Kier alpha value is -3.88. The van der Waals surface area contributed by atoms with E-state index in [9.17, 15) is 19.2 Å². The molecular weight excluding hydrogens is 534 g/mol. The Kier molecular flexibility index (Phi) is 11.1. The molecule has 3 amide bonds. The molecule has 0 saturated heterocycles. The number of hydrogen-bond donors (Lipinski definition) is 2. The third kappa shape index (κ3) is 9.06. The maximum absolute atomic E-state index is 14.6. The van der Waals surface area contributed by atoms with Crippen molar-refractivity contribution in [3.63, 3.8) is 0 Å². The van der Waals surface area contributed by atoms with Crippen molar-refractivity contribution in [3.8, 4) is 0 Å². The monoisotopic (exact) mass is 579 g/mol. The molecule has 0 aliphatic heterocycles. The number of benzene rings is 2. The fourth-order valence-corrected chi connectivity index (χ4v) is 5.12. The first-order chi connectivity index (χ1) is 19.8. The molecule has 4 unspecified atom stereocenters. The number of nitrogens with one attached hydrogen (secondary N) is 2. The number of ether oxygens (including phenoxy) is 2. The number of carbonyl (C=O) groups is 4. The SMILES string of the molecule is CCOC(=O)CCNC(=O)C(c1c(C)cccc1C)N(C(=O)C(Cc1ccccc1)NC(=O)OC(C)(C)C)C1CC1C. The van der Waals surface area contributed by atoms with Gasteiger partial charge in [-0.25, -0.2) is 4.79 Å². The Morgan fingerprint density at radius 3 is 2.17 bits per heavy atom. The van der Waals surface area contributed by atoms with E-state index in [1.54, 1.807) is 32.6 Å². The van der Waals surface area contributed by atoms with Gasteiger partial charge >= 0.3 is 12.1 Å². The molecule has 0 radical (unpaired) electrons. The van der Waals surface area contributed by atoms with Crippen LogP contribution in [-0.4, -0.2) is 59.6 Å². The van der Waals surface area contributed by atoms with E-state index in [1.165, 1.54) is 0 Å². The van der Waals surface area contributed by atoms with E-state index >= 15 is 0 Å². The Labute approximate surface area is 249 Å². The van der Waals surface area contributed by atoms with Gasteiger partial charge in [-0.3, -0.25) is 14.4 Å². The average Bonchev–Trinajstić information content (AvgIpc) is 3.62. The van der Waals surface area contributed by atoms with Crippen molar-refractivity contribution in [2.45, 2.75) is 91.5 Å². The summed E-state index contributed by atoms with van der Waals surface area (Å²) in [5.74, 6) is -0.992. The highest BCUT2D eigenvalue weighted by Gasteiger charge is 2.48. The molecule has 2 aromatic carbocycles. The summed E-state index contributed by atoms with van der Waals surface area (Å²) in [5.41, 5.74) is 2.57. The zero-order chi connectivity index (χ0) is 31.0. The first-order valence-corrected chi connectivity index (χ1v) is 14.7. The molecular formula is C33H45N3O6. The summed E-state index contributed by atoms with van der Waals surface area (Å²) in [6.45, 7) is 13.2. The molecule has 2 N–H and O–H groups in total. The summed E-state index contributed by atoms with van der Waals surface area (Å²) in [6.07, 6.45) is 0.265. The molecule has 2 aromatic rings. The minimum atomic E-state index is -0.978. The molecule has 1 fully saturated rings. The van der Waals surface area contributed by atoms with Crippen molar-refractivity contribution in [2.24, 2.45) is 5.92 Å². The number of rotatable bonds is 12. The highest BCUT2D eigenvalue weighted by atomic mass is 16.6. The predicted molar refractivity (Wildman–Crippen MR) is 161 cm³/mol. The Balaban J connectivity index is 2.03. The van der Waals surface area contributed by atoms with Crippen LogP contribution in [0.5, 0.6) is 0 Å². The molecule has 228 valence electrons. The maximum atomic E-state index is 14.6. The maximum Gasteiger partial charge on any atom is 0.408 e. The summed E-state index contributed by atoms with van der Waals surface area (Å²) < 4.78 is 10.5. The molecule has 0 heterocycles. The van der Waals surface area contributed by atoms with Crippen LogP contribution in [0.3, 0.4) is 0 Å². The smallest absolute Gasteiger partial charge is 0.408 e. The van der Waals surface area contributed by atoms with E-state index in [1.807, 2.05) is 69.3 Å². The summed E-state index contributed by atoms with van der Waals surface area (Å²) >= 11 is 0. The number of hydrogen-bond acceptors (Lipinski definition) is 6. The van der Waals surface area contributed by atoms with E-state index in [-0.39, 0.29) is 49.8 Å². The highest BCUT2D eigenvalue weighted by molar-refractivity contribution is 5.93. The van der Waals surface area contributed by atoms with Crippen LogP contribution in [0.1, 0.15) is 75.8 Å². The van der Waals surface area contributed by atoms with Gasteiger partial charge in [0.15, 0.2) is 0 Å². The second-order valence-electron chi connectivity index (χ2n) is 12.0. The molecule has 0 bridgehead atoms. The van der Waals surface area contributed by atoms with Crippen molar-refractivity contribution < 1.29 is 28.7 Å². The van der Waals surface area contributed by atoms with Crippen LogP contribution in [0.4, 0.5) is 4.79 Å². The number of alkyl carbamates (subject to hydrolysis) is 1. The largest absolute Gasteiger partial charge is 0.466 e. The van der Waals surface area contributed by atoms with Crippen molar-refractivity contribution in [1.29, 1.82) is 0 Å². The van der Waals surface area contributed by atoms with Crippen LogP contribution < -0.4 is 10.6 Å². The number of esters is 1. The van der Waals surface area contributed by atoms with Crippen LogP contribution >= 0.6 is 0 Å². The first-order valence-electron chi connectivity index (χ1n) is 14.7. The van der Waals surface area contributed by atoms with Gasteiger partial charge < -0.3 is 25.0 Å². The molecule has 1 aliphatic carbocycles. The van der Waals surface area contributed by atoms with Crippen molar-refractivity contribution in [3.05, 3.63) is 70.8 Å². The topological polar surface area (TPSA) is 114 Å². The zero-order valence-corrected chi connectivity index (χ0v) is 25.9. The van der Waals surface area contributed by atoms with Gasteiger partial charge in [0.25, 0.3) is 0 Å². The molecule has 1 saturated carbocycles. The Morgan fingerprint density at radius 2 is 1.62 bits per heavy atom. The quantitative estimate of drug-likeness (QED) is 0.350. The lowest BCUT2D eigenvalue weighted by atomic mass is 9.93. The molecule has 0 aromatic heterocycles. The molecule has 1 aliphatic rings. The van der Waals surface area contributed by atoms with E-state index < -0.39 is 29.7 Å². The molecule has 9 nitrogen and oxygen atoms in total. The number of carbonyl (C=O) groups excluding carboxylic acids is 4. The van der Waals surface area contributed by atoms with Crippen LogP contribution in [-0.2, 0) is 30.3 Å². The van der Waals surface area contributed by atoms with Gasteiger partial charge in [0.1, 0.15) is 17.7 Å². The number of aryl methyl sites for hydroxylation is 2. The van der Waals surface area contributed by atoms with Gasteiger partial charge in [-0.15, -0.1) is 0 Å². The number of nitrogens with zero attached hydrogens (tertiary/aromatic N) is 1. The Bertz CT molecular complexity index is 1240. The standard InChI is InChI=1S/C33H45N3O6/c1-8-41-27(37)17-18-34-30(38)29(28-21(2)13-12-14-22(28)3)36(26-19-23(26)4)31(39)25(20-24-15-10-9-11-16-24)35-32(40)42-33(5,6)7/h9-16,23,25-26,29H,8,17-20H2,1-7H3,(H,34,38)(H,35,40). The van der Waals surface area contributed by atoms with E-state index in [0.29, 0.717) is 0 Å². The van der Waals surface area contributed by atoms with Crippen molar-refractivity contribution >= 4 is 23.9 Å². The van der Waals surface area contributed by atoms with E-state index in [0.717, 1.165) is 28.7 Å². The minimum Gasteiger partial charge on any atom is -0.466 e. The fraction of sp³-hybridized carbons (Fsp3) is 0.515. The van der Waals surface area contributed by atoms with Crippen molar-refractivity contribution in [1.82, 2.24) is 15.5 Å². The van der Waals surface area contributed by atoms with Gasteiger partial charge in [-0.05, 0) is 76.1 Å². The lowest BCUT2D eigenvalue weighted by Gasteiger charge is -2.36. The summed E-state index contributed by atoms with van der Waals surface area (Å²) in [7, 11) is 0. The van der Waals surface area contributed by atoms with Crippen LogP contribution in [0, 0.1) is 19.8 Å². The predicted octanol–water partition coefficient (Wildman–Crippen LogP) is 4.79. The molecule has 0 spiro atoms. The van der Waals surface area contributed by atoms with Gasteiger partial charge in [-0.1, -0.05) is 55.5 Å². The van der Waals surface area contributed by atoms with Gasteiger partial charge in [0.2, 0.25) is 11.8 Å². The van der Waals surface area contributed by atoms with Crippen LogP contribution in [0.15, 0.2) is 48.5 Å². The van der Waals surface area contributed by atoms with Gasteiger partial charge in [0.05, 0.1) is 13.0 Å². The normalized spacial score (nSPS) is 17.4. The summed E-state index contributed by atoms with van der Waals surface area (Å²) in [4.78, 5) is 55.1. The summed E-state index contributed by atoms with van der Waals surface area (Å²) in [6, 6.07) is 13.0. The molecule has 3 rings (SSSR count). The second-order valence-corrected chi connectivity index (χ2v) is 12.0. The van der Waals surface area contributed by atoms with Crippen LogP contribution in [0.25, 0.3) is 0 Å². The fourth-order valence-electron chi connectivity index (χ4n) is 5.12. The van der Waals surface area contributed by atoms with E-state index in [2.05, 4.69) is 10.6 Å². The van der Waals surface area contributed by atoms with Gasteiger partial charge in [-0.2, -0.15) is 0 Å². The Morgan fingerprint density at radius 1 is 1.00 bits per heavy atom. The lowest BCUT2D eigenvalue weighted by Crippen LogP contribution is -2.55. The lowest BCUT2D eigenvalue weighted by molar-refractivity contribution is -0.145. The number of amides is 3. The zero-order valence-electron chi connectivity index (χ0n) is 25.9. The van der Waals surface area contributed by atoms with Crippen LogP contribution in [0.2, 0.25) is 0 Å². The van der Waals surface area contributed by atoms with Crippen molar-refractivity contribution in [2.75, 3.05) is 13.2 Å². The average molecular weight is 580 g/mol. The third-order valence-electron chi connectivity index (χ3n) is 7.23. The molecule has 42 heavy (non-hydrogen) atoms. The molecule has 4 atom stereocenters. The minimum absolute atomic E-state index is 0.0175. The van der Waals surface area contributed by atoms with Gasteiger partial charge in [0, 0.05) is 19.0 Å². The third-order valence-corrected chi connectivity index (χ3v) is 7.23. The summed E-state index contributed by atoms with van der Waals surface area (Å²) in [5, 5.41) is 5.67. The highest BCUT2D eigenvalue weighted by Crippen LogP contribution is 2.42. The molecule has 9 heteroatoms. The van der Waals surface area contributed by atoms with E-state index in [4.69, 9.17) is 9.47 Å². The second kappa shape index (κ2) is 14.3. The first kappa shape index (κ1) is 32.6.